The standard InChI is InChI=1S/C15H18N2O2S/c1-2-18-12-3-5-13(6-4-12)19-9-10-20-14-7-8-15(16)17-11-14/h3-8,11H,2,9-10H2,1H3,(H2,16,17). The van der Waals surface area contributed by atoms with Gasteiger partial charge in [0.15, 0.2) is 0 Å². The maximum absolute atomic E-state index is 5.66. The number of nitrogens with zero attached hydrogens (tertiary/aromatic N) is 1. The minimum Gasteiger partial charge on any atom is -0.494 e. The van der Waals surface area contributed by atoms with Crippen LogP contribution in [0.15, 0.2) is 47.5 Å². The van der Waals surface area contributed by atoms with Crippen molar-refractivity contribution in [2.45, 2.75) is 11.8 Å². The maximum Gasteiger partial charge on any atom is 0.123 e. The van der Waals surface area contributed by atoms with Crippen molar-refractivity contribution in [3.63, 3.8) is 0 Å². The van der Waals surface area contributed by atoms with Gasteiger partial charge >= 0.3 is 0 Å². The summed E-state index contributed by atoms with van der Waals surface area (Å²) in [6.07, 6.45) is 1.77. The summed E-state index contributed by atoms with van der Waals surface area (Å²) in [6, 6.07) is 11.4. The molecule has 1 heterocycles. The first-order chi connectivity index (χ1) is 9.78. The molecule has 0 saturated heterocycles. The highest BCUT2D eigenvalue weighted by atomic mass is 32.2. The summed E-state index contributed by atoms with van der Waals surface area (Å²) in [6.45, 7) is 3.28. The summed E-state index contributed by atoms with van der Waals surface area (Å²) < 4.78 is 11.0. The zero-order chi connectivity index (χ0) is 14.2. The predicted molar refractivity (Wildman–Crippen MR) is 82.5 cm³/mol. The average Bonchev–Trinajstić information content (AvgIpc) is 2.47. The lowest BCUT2D eigenvalue weighted by Gasteiger charge is -2.07. The van der Waals surface area contributed by atoms with Crippen LogP contribution in [0.1, 0.15) is 6.92 Å². The van der Waals surface area contributed by atoms with E-state index in [-0.39, 0.29) is 0 Å². The lowest BCUT2D eigenvalue weighted by Crippen LogP contribution is -2.00. The van der Waals surface area contributed by atoms with Crippen molar-refractivity contribution in [2.75, 3.05) is 24.7 Å². The van der Waals surface area contributed by atoms with Crippen molar-refractivity contribution in [1.29, 1.82) is 0 Å². The Morgan fingerprint density at radius 1 is 1.05 bits per heavy atom. The van der Waals surface area contributed by atoms with E-state index in [1.807, 2.05) is 37.3 Å². The molecule has 0 spiro atoms. The lowest BCUT2D eigenvalue weighted by atomic mass is 10.3. The Morgan fingerprint density at radius 2 is 1.75 bits per heavy atom. The van der Waals surface area contributed by atoms with Crippen molar-refractivity contribution in [2.24, 2.45) is 0 Å². The van der Waals surface area contributed by atoms with Crippen LogP contribution in [0, 0.1) is 0 Å². The van der Waals surface area contributed by atoms with E-state index in [1.54, 1.807) is 24.0 Å². The van der Waals surface area contributed by atoms with Crippen LogP contribution in [0.2, 0.25) is 0 Å². The van der Waals surface area contributed by atoms with E-state index in [9.17, 15) is 0 Å². The fraction of sp³-hybridized carbons (Fsp3) is 0.267. The largest absolute Gasteiger partial charge is 0.494 e. The van der Waals surface area contributed by atoms with Crippen LogP contribution in [0.4, 0.5) is 5.82 Å². The highest BCUT2D eigenvalue weighted by molar-refractivity contribution is 7.99. The van der Waals surface area contributed by atoms with Gasteiger partial charge in [0.25, 0.3) is 0 Å². The van der Waals surface area contributed by atoms with Gasteiger partial charge in [0, 0.05) is 16.8 Å². The number of hydrogen-bond donors (Lipinski definition) is 1. The normalized spacial score (nSPS) is 10.2. The second-order valence-electron chi connectivity index (χ2n) is 4.02. The van der Waals surface area contributed by atoms with Gasteiger partial charge in [0.05, 0.1) is 13.2 Å². The number of nitrogen functional groups attached to an aromatic ring is 1. The number of nitrogens with two attached hydrogens (primary N) is 1. The van der Waals surface area contributed by atoms with Gasteiger partial charge in [0.2, 0.25) is 0 Å². The maximum atomic E-state index is 5.66. The monoisotopic (exact) mass is 290 g/mol. The SMILES string of the molecule is CCOc1ccc(OCCSc2ccc(N)nc2)cc1. The zero-order valence-electron chi connectivity index (χ0n) is 11.4. The molecule has 2 rings (SSSR count). The van der Waals surface area contributed by atoms with E-state index in [0.29, 0.717) is 19.0 Å². The number of anilines is 1. The van der Waals surface area contributed by atoms with Gasteiger partial charge in [0.1, 0.15) is 17.3 Å². The van der Waals surface area contributed by atoms with Crippen molar-refractivity contribution >= 4 is 17.6 Å². The Bertz CT molecular complexity index is 514. The number of pyridine rings is 1. The third kappa shape index (κ3) is 4.66. The molecule has 0 amide bonds. The second-order valence-corrected chi connectivity index (χ2v) is 5.19. The minimum atomic E-state index is 0.542. The quantitative estimate of drug-likeness (QED) is 0.626. The minimum absolute atomic E-state index is 0.542. The van der Waals surface area contributed by atoms with Gasteiger partial charge in [-0.05, 0) is 43.3 Å². The summed E-state index contributed by atoms with van der Waals surface area (Å²) in [7, 11) is 0. The molecule has 0 aliphatic rings. The number of benzene rings is 1. The Hall–Kier alpha value is -1.88. The summed E-state index contributed by atoms with van der Waals surface area (Å²) in [5, 5.41) is 0. The van der Waals surface area contributed by atoms with E-state index in [1.165, 1.54) is 0 Å². The summed E-state index contributed by atoms with van der Waals surface area (Å²) >= 11 is 1.69. The molecule has 0 unspecified atom stereocenters. The van der Waals surface area contributed by atoms with E-state index < -0.39 is 0 Å². The third-order valence-corrected chi connectivity index (χ3v) is 3.46. The van der Waals surface area contributed by atoms with Gasteiger partial charge < -0.3 is 15.2 Å². The Morgan fingerprint density at radius 3 is 2.35 bits per heavy atom. The molecule has 106 valence electrons. The second kappa shape index (κ2) is 7.65. The van der Waals surface area contributed by atoms with Crippen LogP contribution in [-0.2, 0) is 0 Å². The van der Waals surface area contributed by atoms with Gasteiger partial charge in [-0.15, -0.1) is 11.8 Å². The highest BCUT2D eigenvalue weighted by Gasteiger charge is 1.98. The first kappa shape index (κ1) is 14.5. The topological polar surface area (TPSA) is 57.4 Å². The van der Waals surface area contributed by atoms with E-state index in [0.717, 1.165) is 22.1 Å². The first-order valence-corrected chi connectivity index (χ1v) is 7.46. The van der Waals surface area contributed by atoms with Crippen LogP contribution in [0.3, 0.4) is 0 Å². The molecule has 0 aliphatic heterocycles. The molecule has 0 radical (unpaired) electrons. The molecule has 2 aromatic rings. The van der Waals surface area contributed by atoms with E-state index in [2.05, 4.69) is 4.98 Å². The van der Waals surface area contributed by atoms with Crippen LogP contribution in [0.25, 0.3) is 0 Å². The fourth-order valence-corrected chi connectivity index (χ4v) is 2.29. The number of aromatic nitrogens is 1. The molecule has 4 nitrogen and oxygen atoms in total. The number of hydrogen-bond acceptors (Lipinski definition) is 5. The molecule has 0 atom stereocenters. The van der Waals surface area contributed by atoms with E-state index in [4.69, 9.17) is 15.2 Å². The molecule has 2 N–H and O–H groups in total. The van der Waals surface area contributed by atoms with Crippen LogP contribution in [-0.4, -0.2) is 24.0 Å². The molecular weight excluding hydrogens is 272 g/mol. The first-order valence-electron chi connectivity index (χ1n) is 6.48. The Kier molecular flexibility index (Phi) is 5.55. The molecule has 0 bridgehead atoms. The lowest BCUT2D eigenvalue weighted by molar-refractivity contribution is 0.332. The van der Waals surface area contributed by atoms with Gasteiger partial charge in [-0.3, -0.25) is 0 Å². The number of ether oxygens (including phenoxy) is 2. The number of thioether (sulfide) groups is 1. The smallest absolute Gasteiger partial charge is 0.123 e. The van der Waals surface area contributed by atoms with Gasteiger partial charge in [-0.1, -0.05) is 0 Å². The Balaban J connectivity index is 1.71. The molecule has 20 heavy (non-hydrogen) atoms. The Labute approximate surface area is 123 Å². The number of rotatable bonds is 7. The van der Waals surface area contributed by atoms with Gasteiger partial charge in [-0.25, -0.2) is 4.98 Å². The zero-order valence-corrected chi connectivity index (χ0v) is 12.2. The van der Waals surface area contributed by atoms with E-state index >= 15 is 0 Å². The molecule has 1 aromatic carbocycles. The fourth-order valence-electron chi connectivity index (χ4n) is 1.59. The summed E-state index contributed by atoms with van der Waals surface area (Å²) in [5.74, 6) is 3.12. The molecule has 5 heteroatoms. The summed E-state index contributed by atoms with van der Waals surface area (Å²) in [4.78, 5) is 5.14. The molecule has 0 aliphatic carbocycles. The molecule has 0 saturated carbocycles. The van der Waals surface area contributed by atoms with Gasteiger partial charge in [-0.2, -0.15) is 0 Å². The van der Waals surface area contributed by atoms with Crippen LogP contribution in [0.5, 0.6) is 11.5 Å². The van der Waals surface area contributed by atoms with Crippen LogP contribution >= 0.6 is 11.8 Å². The predicted octanol–water partition coefficient (Wildman–Crippen LogP) is 3.23. The van der Waals surface area contributed by atoms with Crippen molar-refractivity contribution < 1.29 is 9.47 Å². The summed E-state index contributed by atoms with van der Waals surface area (Å²) in [5.41, 5.74) is 5.54. The van der Waals surface area contributed by atoms with Crippen molar-refractivity contribution in [3.8, 4) is 11.5 Å². The van der Waals surface area contributed by atoms with Crippen molar-refractivity contribution in [3.05, 3.63) is 42.6 Å². The van der Waals surface area contributed by atoms with Crippen molar-refractivity contribution in [1.82, 2.24) is 4.98 Å². The molecular formula is C15H18N2O2S. The molecule has 1 aromatic heterocycles. The highest BCUT2D eigenvalue weighted by Crippen LogP contribution is 2.20. The third-order valence-electron chi connectivity index (χ3n) is 2.51. The molecule has 0 fully saturated rings. The average molecular weight is 290 g/mol. The van der Waals surface area contributed by atoms with Crippen LogP contribution < -0.4 is 15.2 Å².